The molecule has 1 fully saturated rings. The highest BCUT2D eigenvalue weighted by Crippen LogP contribution is 2.12. The number of nitrogens with zero attached hydrogens (tertiary/aromatic N) is 1. The molecule has 0 aromatic heterocycles. The number of hydrogen-bond acceptors (Lipinski definition) is 3. The summed E-state index contributed by atoms with van der Waals surface area (Å²) in [5.41, 5.74) is 0.928. The van der Waals surface area contributed by atoms with E-state index in [2.05, 4.69) is 14.1 Å². The van der Waals surface area contributed by atoms with Crippen LogP contribution in [-0.2, 0) is 10.1 Å². The van der Waals surface area contributed by atoms with Crippen LogP contribution in [0.5, 0.6) is 0 Å². The van der Waals surface area contributed by atoms with Crippen LogP contribution in [-0.4, -0.2) is 44.6 Å². The minimum absolute atomic E-state index is 0.178. The minimum Gasteiger partial charge on any atom is -0.744 e. The summed E-state index contributed by atoms with van der Waals surface area (Å²) in [6.45, 7) is 4.60. The highest BCUT2D eigenvalue weighted by molar-refractivity contribution is 7.85. The van der Waals surface area contributed by atoms with E-state index in [0.29, 0.717) is 0 Å². The molecule has 4 nitrogen and oxygen atoms in total. The summed E-state index contributed by atoms with van der Waals surface area (Å²) in [7, 11) is 0.368. The van der Waals surface area contributed by atoms with E-state index in [1.54, 1.807) is 12.1 Å². The van der Waals surface area contributed by atoms with Gasteiger partial charge in [0.15, 0.2) is 0 Å². The number of rotatable bonds is 1. The van der Waals surface area contributed by atoms with Gasteiger partial charge < -0.3 is 9.04 Å². The topological polar surface area (TPSA) is 57.2 Å². The Morgan fingerprint density at radius 1 is 1.00 bits per heavy atom. The first-order valence-electron chi connectivity index (χ1n) is 6.55. The molecule has 5 heteroatoms. The molecule has 0 spiro atoms. The van der Waals surface area contributed by atoms with Gasteiger partial charge >= 0.3 is 0 Å². The number of hydrogen-bond donors (Lipinski definition) is 0. The maximum absolute atomic E-state index is 10.4. The molecule has 1 aliphatic rings. The number of likely N-dealkylation sites (tertiary alicyclic amines) is 1. The molecule has 1 aromatic rings. The van der Waals surface area contributed by atoms with E-state index in [9.17, 15) is 13.0 Å². The predicted octanol–water partition coefficient (Wildman–Crippen LogP) is 2.15. The highest BCUT2D eigenvalue weighted by atomic mass is 32.2. The van der Waals surface area contributed by atoms with Crippen molar-refractivity contribution in [3.63, 3.8) is 0 Å². The normalized spacial score (nSPS) is 18.3. The highest BCUT2D eigenvalue weighted by Gasteiger charge is 2.17. The first kappa shape index (κ1) is 16.1. The van der Waals surface area contributed by atoms with E-state index in [-0.39, 0.29) is 4.90 Å². The lowest BCUT2D eigenvalue weighted by molar-refractivity contribution is -0.894. The molecule has 108 valence electrons. The van der Waals surface area contributed by atoms with Crippen molar-refractivity contribution in [2.45, 2.75) is 31.1 Å². The Balaban J connectivity index is 0.000000200. The molecule has 2 rings (SSSR count). The number of aryl methyl sites for hydroxylation is 1. The van der Waals surface area contributed by atoms with Crippen molar-refractivity contribution in [3.05, 3.63) is 29.8 Å². The van der Waals surface area contributed by atoms with Crippen molar-refractivity contribution >= 4 is 10.1 Å². The molecule has 1 aliphatic heterocycles. The van der Waals surface area contributed by atoms with Gasteiger partial charge in [-0.25, -0.2) is 8.42 Å². The Morgan fingerprint density at radius 3 is 1.79 bits per heavy atom. The van der Waals surface area contributed by atoms with E-state index in [1.807, 2.05) is 6.92 Å². The zero-order valence-corrected chi connectivity index (χ0v) is 12.7. The second-order valence-corrected chi connectivity index (χ2v) is 7.09. The number of quaternary nitrogens is 1. The zero-order valence-electron chi connectivity index (χ0n) is 11.9. The summed E-state index contributed by atoms with van der Waals surface area (Å²) in [4.78, 5) is -0.178. The fraction of sp³-hybridized carbons (Fsp3) is 0.571. The van der Waals surface area contributed by atoms with E-state index < -0.39 is 10.1 Å². The maximum atomic E-state index is 10.4. The fourth-order valence-corrected chi connectivity index (χ4v) is 2.54. The van der Waals surface area contributed by atoms with Gasteiger partial charge in [0.25, 0.3) is 0 Å². The average Bonchev–Trinajstić information content (AvgIpc) is 2.28. The van der Waals surface area contributed by atoms with E-state index in [4.69, 9.17) is 0 Å². The minimum atomic E-state index is -4.27. The molecule has 0 amide bonds. The van der Waals surface area contributed by atoms with Crippen LogP contribution in [0.3, 0.4) is 0 Å². The monoisotopic (exact) mass is 285 g/mol. The lowest BCUT2D eigenvalue weighted by Crippen LogP contribution is -2.43. The van der Waals surface area contributed by atoms with Crippen molar-refractivity contribution in [2.24, 2.45) is 0 Å². The molecule has 1 heterocycles. The van der Waals surface area contributed by atoms with Crippen molar-refractivity contribution in [2.75, 3.05) is 27.2 Å². The molecule has 0 atom stereocenters. The molecular formula is C14H23NO3S. The van der Waals surface area contributed by atoms with Gasteiger partial charge in [-0.15, -0.1) is 0 Å². The summed E-state index contributed by atoms with van der Waals surface area (Å²) in [5, 5.41) is 0. The largest absolute Gasteiger partial charge is 0.744 e. The lowest BCUT2D eigenvalue weighted by Gasteiger charge is -2.33. The van der Waals surface area contributed by atoms with Crippen LogP contribution in [0, 0.1) is 6.92 Å². The van der Waals surface area contributed by atoms with Crippen molar-refractivity contribution in [3.8, 4) is 0 Å². The van der Waals surface area contributed by atoms with Crippen LogP contribution in [0.25, 0.3) is 0 Å². The van der Waals surface area contributed by atoms with Crippen molar-refractivity contribution in [1.82, 2.24) is 0 Å². The maximum Gasteiger partial charge on any atom is 0.124 e. The third kappa shape index (κ3) is 6.18. The summed E-state index contributed by atoms with van der Waals surface area (Å²) in [6, 6.07) is 5.78. The van der Waals surface area contributed by atoms with Crippen LogP contribution >= 0.6 is 0 Å². The molecule has 0 saturated carbocycles. The summed E-state index contributed by atoms with van der Waals surface area (Å²) >= 11 is 0. The fourth-order valence-electron chi connectivity index (χ4n) is 2.07. The van der Waals surface area contributed by atoms with Gasteiger partial charge in [0.2, 0.25) is 0 Å². The molecule has 0 bridgehead atoms. The first-order valence-corrected chi connectivity index (χ1v) is 7.96. The quantitative estimate of drug-likeness (QED) is 0.587. The van der Waals surface area contributed by atoms with E-state index in [0.717, 1.165) is 5.56 Å². The average molecular weight is 285 g/mol. The Labute approximate surface area is 116 Å². The Kier molecular flexibility index (Phi) is 5.52. The Morgan fingerprint density at radius 2 is 1.47 bits per heavy atom. The van der Waals surface area contributed by atoms with Gasteiger partial charge in [-0.05, 0) is 38.3 Å². The van der Waals surface area contributed by atoms with Crippen LogP contribution in [0.1, 0.15) is 24.8 Å². The van der Waals surface area contributed by atoms with E-state index in [1.165, 1.54) is 49.0 Å². The summed E-state index contributed by atoms with van der Waals surface area (Å²) < 4.78 is 32.4. The SMILES string of the molecule is C[N+]1(C)CCCCC1.Cc1ccc(S(=O)(=O)[O-])cc1. The number of benzene rings is 1. The molecular weight excluding hydrogens is 262 g/mol. The predicted molar refractivity (Wildman–Crippen MR) is 74.8 cm³/mol. The molecule has 1 saturated heterocycles. The molecule has 19 heavy (non-hydrogen) atoms. The van der Waals surface area contributed by atoms with Gasteiger partial charge in [-0.2, -0.15) is 0 Å². The lowest BCUT2D eigenvalue weighted by atomic mass is 10.1. The second kappa shape index (κ2) is 6.50. The number of piperidine rings is 1. The van der Waals surface area contributed by atoms with Gasteiger partial charge in [0, 0.05) is 0 Å². The first-order chi connectivity index (χ1) is 8.71. The zero-order chi connectivity index (χ0) is 14.5. The molecule has 0 unspecified atom stereocenters. The third-order valence-electron chi connectivity index (χ3n) is 3.34. The van der Waals surface area contributed by atoms with Gasteiger partial charge in [-0.1, -0.05) is 17.7 Å². The molecule has 1 aromatic carbocycles. The molecule has 0 aliphatic carbocycles. The van der Waals surface area contributed by atoms with Gasteiger partial charge in [0.05, 0.1) is 32.1 Å². The third-order valence-corrected chi connectivity index (χ3v) is 4.19. The summed E-state index contributed by atoms with van der Waals surface area (Å²) in [6.07, 6.45) is 4.34. The Bertz CT molecular complexity index is 484. The van der Waals surface area contributed by atoms with Gasteiger partial charge in [-0.3, -0.25) is 0 Å². The van der Waals surface area contributed by atoms with Crippen LogP contribution in [0.4, 0.5) is 0 Å². The molecule has 0 radical (unpaired) electrons. The van der Waals surface area contributed by atoms with Gasteiger partial charge in [0.1, 0.15) is 10.1 Å². The molecule has 0 N–H and O–H groups in total. The smallest absolute Gasteiger partial charge is 0.124 e. The second-order valence-electron chi connectivity index (χ2n) is 5.71. The summed E-state index contributed by atoms with van der Waals surface area (Å²) in [5.74, 6) is 0. The van der Waals surface area contributed by atoms with E-state index >= 15 is 0 Å². The van der Waals surface area contributed by atoms with Crippen molar-refractivity contribution in [1.29, 1.82) is 0 Å². The van der Waals surface area contributed by atoms with Crippen LogP contribution < -0.4 is 0 Å². The Hall–Kier alpha value is -0.910. The standard InChI is InChI=1S/C7H16N.C7H8O3S/c1-8(2)6-4-3-5-7-8;1-6-2-4-7(5-3-6)11(8,9)10/h3-7H2,1-2H3;2-5H,1H3,(H,8,9,10)/q+1;/p-1. The van der Waals surface area contributed by atoms with Crippen LogP contribution in [0.15, 0.2) is 29.2 Å². The van der Waals surface area contributed by atoms with Crippen LogP contribution in [0.2, 0.25) is 0 Å². The van der Waals surface area contributed by atoms with Crippen molar-refractivity contribution < 1.29 is 17.5 Å².